The Morgan fingerprint density at radius 1 is 1.16 bits per heavy atom. The molecule has 25 heavy (non-hydrogen) atoms. The lowest BCUT2D eigenvalue weighted by atomic mass is 9.95. The van der Waals surface area contributed by atoms with Crippen LogP contribution in [-0.4, -0.2) is 24.1 Å². The zero-order valence-electron chi connectivity index (χ0n) is 13.9. The van der Waals surface area contributed by atoms with Gasteiger partial charge in [-0.05, 0) is 29.7 Å². The summed E-state index contributed by atoms with van der Waals surface area (Å²) in [6, 6.07) is 7.02. The molecule has 1 aliphatic heterocycles. The van der Waals surface area contributed by atoms with Gasteiger partial charge in [0.25, 0.3) is 5.91 Å². The average Bonchev–Trinajstić information content (AvgIpc) is 2.61. The average molecular weight is 381 g/mol. The fraction of sp³-hybridized carbons (Fsp3) is 0.333. The molecular formula is C18H18Cl2N2O3. The van der Waals surface area contributed by atoms with E-state index < -0.39 is 0 Å². The Bertz CT molecular complexity index is 796. The monoisotopic (exact) mass is 380 g/mol. The van der Waals surface area contributed by atoms with Crippen LogP contribution in [0.25, 0.3) is 0 Å². The fourth-order valence-electron chi connectivity index (χ4n) is 2.66. The molecule has 1 aromatic carbocycles. The van der Waals surface area contributed by atoms with E-state index in [-0.39, 0.29) is 28.0 Å². The van der Waals surface area contributed by atoms with Crippen molar-refractivity contribution in [2.45, 2.75) is 19.9 Å². The third kappa shape index (κ3) is 3.99. The van der Waals surface area contributed by atoms with Crippen molar-refractivity contribution < 1.29 is 14.3 Å². The van der Waals surface area contributed by atoms with Crippen LogP contribution in [-0.2, 0) is 0 Å². The third-order valence-electron chi connectivity index (χ3n) is 3.94. The highest BCUT2D eigenvalue weighted by atomic mass is 35.5. The topological polar surface area (TPSA) is 60.5 Å². The van der Waals surface area contributed by atoms with Gasteiger partial charge in [0, 0.05) is 6.20 Å². The van der Waals surface area contributed by atoms with Gasteiger partial charge in [-0.3, -0.25) is 4.79 Å². The molecule has 0 bridgehead atoms. The summed E-state index contributed by atoms with van der Waals surface area (Å²) in [5.41, 5.74) is 1.30. The predicted octanol–water partition coefficient (Wildman–Crippen LogP) is 4.29. The Kier molecular flexibility index (Phi) is 5.35. The maximum absolute atomic E-state index is 12.6. The number of nitrogens with one attached hydrogen (secondary N) is 1. The number of benzene rings is 1. The lowest BCUT2D eigenvalue weighted by Gasteiger charge is -2.25. The van der Waals surface area contributed by atoms with Crippen molar-refractivity contribution in [3.05, 3.63) is 51.8 Å². The Balaban J connectivity index is 1.84. The summed E-state index contributed by atoms with van der Waals surface area (Å²) in [6.45, 7) is 5.13. The van der Waals surface area contributed by atoms with Gasteiger partial charge in [-0.25, -0.2) is 4.98 Å². The zero-order valence-corrected chi connectivity index (χ0v) is 15.4. The summed E-state index contributed by atoms with van der Waals surface area (Å²) in [5, 5.41) is 3.44. The lowest BCUT2D eigenvalue weighted by molar-refractivity contribution is 0.0925. The van der Waals surface area contributed by atoms with Crippen molar-refractivity contribution in [2.24, 2.45) is 5.92 Å². The Morgan fingerprint density at radius 3 is 2.56 bits per heavy atom. The predicted molar refractivity (Wildman–Crippen MR) is 96.7 cm³/mol. The van der Waals surface area contributed by atoms with Gasteiger partial charge in [0.1, 0.15) is 18.4 Å². The molecule has 0 spiro atoms. The molecule has 132 valence electrons. The van der Waals surface area contributed by atoms with Crippen LogP contribution in [0.4, 0.5) is 0 Å². The number of hydrogen-bond acceptors (Lipinski definition) is 4. The standard InChI is InChI=1S/C18H18Cl2N2O3/c1-10(2)16(11-3-4-14-15(8-11)25-6-5-24-14)22-18(23)12-7-13(19)17(20)21-9-12/h3-4,7-10,16H,5-6H2,1-2H3,(H,22,23)/t16-/m1/s1. The molecule has 0 saturated heterocycles. The number of aromatic nitrogens is 1. The van der Waals surface area contributed by atoms with Crippen LogP contribution >= 0.6 is 23.2 Å². The SMILES string of the molecule is CC(C)[C@@H](NC(=O)c1cnc(Cl)c(Cl)c1)c1ccc2c(c1)OCCO2. The van der Waals surface area contributed by atoms with Gasteiger partial charge in [-0.2, -0.15) is 0 Å². The van der Waals surface area contributed by atoms with E-state index in [1.54, 1.807) is 0 Å². The molecule has 1 amide bonds. The third-order valence-corrected chi connectivity index (χ3v) is 4.62. The number of fused-ring (bicyclic) bond motifs is 1. The largest absolute Gasteiger partial charge is 0.486 e. The number of carbonyl (C=O) groups excluding carboxylic acids is 1. The molecule has 0 radical (unpaired) electrons. The van der Waals surface area contributed by atoms with E-state index in [1.807, 2.05) is 32.0 Å². The first kappa shape index (κ1) is 17.8. The zero-order chi connectivity index (χ0) is 18.0. The van der Waals surface area contributed by atoms with Crippen molar-refractivity contribution in [1.29, 1.82) is 0 Å². The number of nitrogens with zero attached hydrogens (tertiary/aromatic N) is 1. The van der Waals surface area contributed by atoms with Gasteiger partial charge in [0.2, 0.25) is 0 Å². The van der Waals surface area contributed by atoms with Gasteiger partial charge in [-0.15, -0.1) is 0 Å². The van der Waals surface area contributed by atoms with Gasteiger partial charge in [0.05, 0.1) is 16.6 Å². The molecular weight excluding hydrogens is 363 g/mol. The summed E-state index contributed by atoms with van der Waals surface area (Å²) in [7, 11) is 0. The Labute approximate surface area is 156 Å². The van der Waals surface area contributed by atoms with Crippen LogP contribution in [0.15, 0.2) is 30.5 Å². The van der Waals surface area contributed by atoms with Gasteiger partial charge >= 0.3 is 0 Å². The van der Waals surface area contributed by atoms with Crippen molar-refractivity contribution in [3.63, 3.8) is 0 Å². The molecule has 0 unspecified atom stereocenters. The first-order valence-corrected chi connectivity index (χ1v) is 8.72. The second kappa shape index (κ2) is 7.50. The Morgan fingerprint density at radius 2 is 1.88 bits per heavy atom. The highest BCUT2D eigenvalue weighted by Crippen LogP contribution is 2.34. The number of halogens is 2. The summed E-state index contributed by atoms with van der Waals surface area (Å²) >= 11 is 11.8. The van der Waals surface area contributed by atoms with E-state index in [4.69, 9.17) is 32.7 Å². The van der Waals surface area contributed by atoms with Gasteiger partial charge in [-0.1, -0.05) is 43.1 Å². The first-order valence-electron chi connectivity index (χ1n) is 7.97. The maximum Gasteiger partial charge on any atom is 0.253 e. The van der Waals surface area contributed by atoms with Crippen molar-refractivity contribution in [3.8, 4) is 11.5 Å². The molecule has 0 saturated carbocycles. The minimum atomic E-state index is -0.264. The van der Waals surface area contributed by atoms with Crippen LogP contribution in [0.1, 0.15) is 35.8 Å². The van der Waals surface area contributed by atoms with Crippen LogP contribution in [0.3, 0.4) is 0 Å². The van der Waals surface area contributed by atoms with Crippen LogP contribution in [0, 0.1) is 5.92 Å². The van der Waals surface area contributed by atoms with Crippen LogP contribution in [0.5, 0.6) is 11.5 Å². The molecule has 5 nitrogen and oxygen atoms in total. The quantitative estimate of drug-likeness (QED) is 0.803. The minimum Gasteiger partial charge on any atom is -0.486 e. The number of rotatable bonds is 4. The molecule has 0 aliphatic carbocycles. The van der Waals surface area contributed by atoms with Gasteiger partial charge in [0.15, 0.2) is 11.5 Å². The van der Waals surface area contributed by atoms with Gasteiger partial charge < -0.3 is 14.8 Å². The minimum absolute atomic E-state index is 0.169. The molecule has 1 aliphatic rings. The highest BCUT2D eigenvalue weighted by molar-refractivity contribution is 6.41. The van der Waals surface area contributed by atoms with E-state index in [0.29, 0.717) is 24.5 Å². The molecule has 1 atom stereocenters. The molecule has 1 aromatic heterocycles. The van der Waals surface area contributed by atoms with E-state index in [2.05, 4.69) is 10.3 Å². The smallest absolute Gasteiger partial charge is 0.253 e. The van der Waals surface area contributed by atoms with E-state index in [1.165, 1.54) is 12.3 Å². The van der Waals surface area contributed by atoms with E-state index >= 15 is 0 Å². The van der Waals surface area contributed by atoms with Crippen LogP contribution in [0.2, 0.25) is 10.2 Å². The summed E-state index contributed by atoms with van der Waals surface area (Å²) in [5.74, 6) is 1.32. The number of pyridine rings is 1. The Hall–Kier alpha value is -1.98. The summed E-state index contributed by atoms with van der Waals surface area (Å²) in [4.78, 5) is 16.5. The van der Waals surface area contributed by atoms with E-state index in [9.17, 15) is 4.79 Å². The highest BCUT2D eigenvalue weighted by Gasteiger charge is 2.22. The number of ether oxygens (including phenoxy) is 2. The number of hydrogen-bond donors (Lipinski definition) is 1. The second-order valence-electron chi connectivity index (χ2n) is 6.09. The van der Waals surface area contributed by atoms with Crippen molar-refractivity contribution in [1.82, 2.24) is 10.3 Å². The maximum atomic E-state index is 12.6. The molecule has 1 N–H and O–H groups in total. The number of amides is 1. The molecule has 2 aromatic rings. The molecule has 0 fully saturated rings. The van der Waals surface area contributed by atoms with Crippen molar-refractivity contribution in [2.75, 3.05) is 13.2 Å². The first-order chi connectivity index (χ1) is 12.0. The summed E-state index contributed by atoms with van der Waals surface area (Å²) in [6.07, 6.45) is 1.41. The van der Waals surface area contributed by atoms with Crippen molar-refractivity contribution >= 4 is 29.1 Å². The second-order valence-corrected chi connectivity index (χ2v) is 6.86. The van der Waals surface area contributed by atoms with E-state index in [0.717, 1.165) is 11.3 Å². The number of carbonyl (C=O) groups is 1. The van der Waals surface area contributed by atoms with Crippen LogP contribution < -0.4 is 14.8 Å². The fourth-order valence-corrected chi connectivity index (χ4v) is 2.93. The molecule has 2 heterocycles. The molecule has 7 heteroatoms. The summed E-state index contributed by atoms with van der Waals surface area (Å²) < 4.78 is 11.2. The normalized spacial score (nSPS) is 14.3. The molecule has 3 rings (SSSR count). The lowest BCUT2D eigenvalue weighted by Crippen LogP contribution is -2.32.